The van der Waals surface area contributed by atoms with Crippen LogP contribution in [-0.4, -0.2) is 32.9 Å². The molecule has 4 rings (SSSR count). The van der Waals surface area contributed by atoms with E-state index in [4.69, 9.17) is 13.3 Å². The van der Waals surface area contributed by atoms with Crippen molar-refractivity contribution in [2.45, 2.75) is 19.6 Å². The molecule has 0 radical (unpaired) electrons. The van der Waals surface area contributed by atoms with Gasteiger partial charge in [0.15, 0.2) is 11.4 Å². The summed E-state index contributed by atoms with van der Waals surface area (Å²) in [6.45, 7) is 0.191. The Kier molecular flexibility index (Phi) is 6.54. The number of rotatable bonds is 9. The van der Waals surface area contributed by atoms with Crippen molar-refractivity contribution in [3.63, 3.8) is 0 Å². The summed E-state index contributed by atoms with van der Waals surface area (Å²) in [5, 5.41) is 15.2. The Hall–Kier alpha value is -4.74. The van der Waals surface area contributed by atoms with Gasteiger partial charge in [-0.1, -0.05) is 0 Å². The molecule has 0 bridgehead atoms. The SMILES string of the molecule is O=C(NCc1ccco1)c1nnc(C(=O)NCc2ccco2)c(C(=O)NCc2ccco2)n1. The highest BCUT2D eigenvalue weighted by Gasteiger charge is 2.25. The Morgan fingerprint density at radius 3 is 1.55 bits per heavy atom. The molecule has 0 aromatic carbocycles. The van der Waals surface area contributed by atoms with Crippen molar-refractivity contribution < 1.29 is 27.6 Å². The molecule has 0 saturated carbocycles. The maximum absolute atomic E-state index is 12.8. The molecule has 0 spiro atoms. The largest absolute Gasteiger partial charge is 0.467 e. The first-order valence-electron chi connectivity index (χ1n) is 9.76. The van der Waals surface area contributed by atoms with Crippen molar-refractivity contribution >= 4 is 17.7 Å². The molecule has 12 heteroatoms. The maximum Gasteiger partial charge on any atom is 0.291 e. The minimum atomic E-state index is -0.732. The third-order valence-corrected chi connectivity index (χ3v) is 4.33. The van der Waals surface area contributed by atoms with Gasteiger partial charge in [0.2, 0.25) is 5.82 Å². The van der Waals surface area contributed by atoms with Gasteiger partial charge in [-0.05, 0) is 36.4 Å². The van der Waals surface area contributed by atoms with Crippen LogP contribution in [0.3, 0.4) is 0 Å². The molecule has 33 heavy (non-hydrogen) atoms. The third-order valence-electron chi connectivity index (χ3n) is 4.33. The smallest absolute Gasteiger partial charge is 0.291 e. The first-order chi connectivity index (χ1) is 16.1. The van der Waals surface area contributed by atoms with Gasteiger partial charge < -0.3 is 29.2 Å². The van der Waals surface area contributed by atoms with Crippen molar-refractivity contribution in [3.8, 4) is 0 Å². The van der Waals surface area contributed by atoms with Crippen LogP contribution in [-0.2, 0) is 19.6 Å². The van der Waals surface area contributed by atoms with Crippen LogP contribution in [0.2, 0.25) is 0 Å². The average molecular weight is 450 g/mol. The van der Waals surface area contributed by atoms with E-state index < -0.39 is 17.7 Å². The molecule has 12 nitrogen and oxygen atoms in total. The van der Waals surface area contributed by atoms with Gasteiger partial charge in [-0.25, -0.2) is 4.98 Å². The quantitative estimate of drug-likeness (QED) is 0.342. The fourth-order valence-corrected chi connectivity index (χ4v) is 2.72. The highest BCUT2D eigenvalue weighted by Crippen LogP contribution is 2.07. The number of amides is 3. The number of hydrogen-bond acceptors (Lipinski definition) is 9. The molecule has 0 unspecified atom stereocenters. The summed E-state index contributed by atoms with van der Waals surface area (Å²) in [5.74, 6) is -1.01. The number of aromatic nitrogens is 3. The van der Waals surface area contributed by atoms with Crippen LogP contribution in [0.25, 0.3) is 0 Å². The van der Waals surface area contributed by atoms with Gasteiger partial charge in [-0.3, -0.25) is 14.4 Å². The summed E-state index contributed by atoms with van der Waals surface area (Å²) in [6.07, 6.45) is 4.40. The van der Waals surface area contributed by atoms with Crippen LogP contribution < -0.4 is 16.0 Å². The summed E-state index contributed by atoms with van der Waals surface area (Å²) < 4.78 is 15.5. The molecule has 168 valence electrons. The molecule has 0 aliphatic rings. The Bertz CT molecular complexity index is 1220. The van der Waals surface area contributed by atoms with Gasteiger partial charge in [-0.2, -0.15) is 0 Å². The van der Waals surface area contributed by atoms with Gasteiger partial charge in [0.1, 0.15) is 17.3 Å². The summed E-state index contributed by atoms with van der Waals surface area (Å²) in [6, 6.07) is 10.0. The molecule has 0 aliphatic carbocycles. The third kappa shape index (κ3) is 5.50. The number of furan rings is 3. The van der Waals surface area contributed by atoms with Crippen molar-refractivity contribution in [2.75, 3.05) is 0 Å². The number of carbonyl (C=O) groups is 3. The molecule has 3 amide bonds. The molecule has 0 atom stereocenters. The zero-order valence-electron chi connectivity index (χ0n) is 17.1. The summed E-state index contributed by atoms with van der Waals surface area (Å²) >= 11 is 0. The Morgan fingerprint density at radius 2 is 1.09 bits per heavy atom. The van der Waals surface area contributed by atoms with E-state index >= 15 is 0 Å². The van der Waals surface area contributed by atoms with Gasteiger partial charge in [0.25, 0.3) is 17.7 Å². The van der Waals surface area contributed by atoms with E-state index in [1.54, 1.807) is 36.4 Å². The zero-order valence-corrected chi connectivity index (χ0v) is 17.1. The van der Waals surface area contributed by atoms with E-state index in [9.17, 15) is 14.4 Å². The fraction of sp³-hybridized carbons (Fsp3) is 0.143. The number of hydrogen-bond donors (Lipinski definition) is 3. The van der Waals surface area contributed by atoms with Crippen molar-refractivity contribution in [1.82, 2.24) is 31.1 Å². The summed E-state index contributed by atoms with van der Waals surface area (Å²) in [4.78, 5) is 41.9. The molecule has 0 saturated heterocycles. The molecule has 3 N–H and O–H groups in total. The predicted octanol–water partition coefficient (Wildman–Crippen LogP) is 1.44. The first-order valence-corrected chi connectivity index (χ1v) is 9.76. The Morgan fingerprint density at radius 1 is 0.636 bits per heavy atom. The Labute approximate surface area is 186 Å². The van der Waals surface area contributed by atoms with E-state index in [0.29, 0.717) is 17.3 Å². The molecule has 4 aromatic rings. The lowest BCUT2D eigenvalue weighted by Gasteiger charge is -2.09. The standard InChI is InChI=1S/C21H18N6O6/c28-19(22-10-13-4-1-7-31-13)16-17(20(29)23-11-14-5-2-8-32-14)26-27-18(25-16)21(30)24-12-15-6-3-9-33-15/h1-9H,10-12H2,(H,22,28)(H,23,29)(H,24,30). The minimum Gasteiger partial charge on any atom is -0.467 e. The van der Waals surface area contributed by atoms with Gasteiger partial charge in [0, 0.05) is 0 Å². The lowest BCUT2D eigenvalue weighted by Crippen LogP contribution is -2.33. The second kappa shape index (κ2) is 10.0. The van der Waals surface area contributed by atoms with E-state index in [0.717, 1.165) is 0 Å². The second-order valence-corrected chi connectivity index (χ2v) is 6.62. The normalized spacial score (nSPS) is 10.5. The minimum absolute atomic E-state index is 0.0450. The number of nitrogens with zero attached hydrogens (tertiary/aromatic N) is 3. The molecular formula is C21H18N6O6. The van der Waals surface area contributed by atoms with Crippen LogP contribution in [0.15, 0.2) is 68.4 Å². The van der Waals surface area contributed by atoms with Crippen molar-refractivity contribution in [3.05, 3.63) is 89.7 Å². The molecule has 4 aromatic heterocycles. The van der Waals surface area contributed by atoms with Crippen LogP contribution in [0.1, 0.15) is 48.9 Å². The predicted molar refractivity (Wildman–Crippen MR) is 109 cm³/mol. The van der Waals surface area contributed by atoms with Gasteiger partial charge >= 0.3 is 0 Å². The fourth-order valence-electron chi connectivity index (χ4n) is 2.72. The summed E-state index contributed by atoms with van der Waals surface area (Å²) in [7, 11) is 0. The number of carbonyl (C=O) groups excluding carboxylic acids is 3. The monoisotopic (exact) mass is 450 g/mol. The maximum atomic E-state index is 12.8. The van der Waals surface area contributed by atoms with E-state index in [1.807, 2.05) is 0 Å². The highest BCUT2D eigenvalue weighted by molar-refractivity contribution is 6.05. The Balaban J connectivity index is 1.52. The summed E-state index contributed by atoms with van der Waals surface area (Å²) in [5.41, 5.74) is -0.710. The zero-order chi connectivity index (χ0) is 23.0. The van der Waals surface area contributed by atoms with E-state index in [1.165, 1.54) is 18.8 Å². The van der Waals surface area contributed by atoms with Crippen LogP contribution in [0.4, 0.5) is 0 Å². The molecular weight excluding hydrogens is 432 g/mol. The van der Waals surface area contributed by atoms with E-state index in [2.05, 4.69) is 31.1 Å². The lowest BCUT2D eigenvalue weighted by molar-refractivity contribution is 0.0897. The molecule has 0 aliphatic heterocycles. The average Bonchev–Trinajstić information content (AvgIpc) is 3.63. The first kappa shape index (κ1) is 21.5. The topological polar surface area (TPSA) is 165 Å². The van der Waals surface area contributed by atoms with Crippen molar-refractivity contribution in [1.29, 1.82) is 0 Å². The van der Waals surface area contributed by atoms with Gasteiger partial charge in [-0.15, -0.1) is 10.2 Å². The molecule has 0 fully saturated rings. The lowest BCUT2D eigenvalue weighted by atomic mass is 10.2. The van der Waals surface area contributed by atoms with E-state index in [-0.39, 0.29) is 36.8 Å². The van der Waals surface area contributed by atoms with Crippen LogP contribution >= 0.6 is 0 Å². The number of nitrogens with one attached hydrogen (secondary N) is 3. The molecule has 4 heterocycles. The van der Waals surface area contributed by atoms with Crippen LogP contribution in [0.5, 0.6) is 0 Å². The van der Waals surface area contributed by atoms with Crippen molar-refractivity contribution in [2.24, 2.45) is 0 Å². The van der Waals surface area contributed by atoms with Crippen LogP contribution in [0, 0.1) is 0 Å². The highest BCUT2D eigenvalue weighted by atomic mass is 16.3. The van der Waals surface area contributed by atoms with Gasteiger partial charge in [0.05, 0.1) is 38.4 Å². The second-order valence-electron chi connectivity index (χ2n) is 6.62.